The zero-order chi connectivity index (χ0) is 9.97. The first-order valence-electron chi connectivity index (χ1n) is 4.44. The number of amidine groups is 1. The second kappa shape index (κ2) is 3.49. The van der Waals surface area contributed by atoms with Gasteiger partial charge in [-0.3, -0.25) is 0 Å². The van der Waals surface area contributed by atoms with Gasteiger partial charge in [-0.25, -0.2) is 4.79 Å². The lowest BCUT2D eigenvalue weighted by atomic mass is 10.1. The van der Waals surface area contributed by atoms with Crippen molar-refractivity contribution in [2.24, 2.45) is 10.7 Å². The number of nitrogens with one attached hydrogen (secondary N) is 1. The third-order valence-corrected chi connectivity index (χ3v) is 2.17. The van der Waals surface area contributed by atoms with E-state index in [0.29, 0.717) is 12.3 Å². The molecule has 1 aliphatic rings. The monoisotopic (exact) mass is 189 g/mol. The van der Waals surface area contributed by atoms with Crippen LogP contribution in [0.4, 0.5) is 4.79 Å². The molecule has 0 aromatic heterocycles. The molecule has 0 radical (unpaired) electrons. The highest BCUT2D eigenvalue weighted by Gasteiger charge is 2.22. The summed E-state index contributed by atoms with van der Waals surface area (Å²) in [6, 6.07) is 9.37. The number of carbonyl (C=O) groups is 1. The Morgan fingerprint density at radius 3 is 2.64 bits per heavy atom. The van der Waals surface area contributed by atoms with E-state index in [-0.39, 0.29) is 12.1 Å². The van der Waals surface area contributed by atoms with Crippen molar-refractivity contribution in [3.05, 3.63) is 35.9 Å². The van der Waals surface area contributed by atoms with Crippen LogP contribution in [0.1, 0.15) is 5.56 Å². The van der Waals surface area contributed by atoms with Crippen LogP contribution in [-0.2, 0) is 6.42 Å². The average Bonchev–Trinajstić information content (AvgIpc) is 2.47. The van der Waals surface area contributed by atoms with E-state index in [1.807, 2.05) is 30.3 Å². The first kappa shape index (κ1) is 8.74. The van der Waals surface area contributed by atoms with E-state index < -0.39 is 0 Å². The molecule has 3 N–H and O–H groups in total. The van der Waals surface area contributed by atoms with E-state index in [1.54, 1.807) is 0 Å². The molecule has 2 rings (SSSR count). The summed E-state index contributed by atoms with van der Waals surface area (Å²) in [5.41, 5.74) is 6.72. The zero-order valence-electron chi connectivity index (χ0n) is 7.60. The van der Waals surface area contributed by atoms with Crippen LogP contribution < -0.4 is 11.1 Å². The maximum absolute atomic E-state index is 10.9. The molecular formula is C10H11N3O. The first-order valence-corrected chi connectivity index (χ1v) is 4.44. The Bertz CT molecular complexity index is 372. The number of benzene rings is 1. The zero-order valence-corrected chi connectivity index (χ0v) is 7.60. The number of hydrogen-bond acceptors (Lipinski definition) is 2. The minimum atomic E-state index is -0.344. The fourth-order valence-corrected chi connectivity index (χ4v) is 1.46. The van der Waals surface area contributed by atoms with Gasteiger partial charge in [0.2, 0.25) is 0 Å². The molecule has 0 fully saturated rings. The van der Waals surface area contributed by atoms with Crippen molar-refractivity contribution < 1.29 is 4.79 Å². The molecule has 2 amide bonds. The molecule has 14 heavy (non-hydrogen) atoms. The molecule has 1 unspecified atom stereocenters. The third-order valence-electron chi connectivity index (χ3n) is 2.17. The Kier molecular flexibility index (Phi) is 2.18. The number of carbonyl (C=O) groups excluding carboxylic acids is 1. The molecule has 72 valence electrons. The minimum absolute atomic E-state index is 0.148. The first-order chi connectivity index (χ1) is 6.75. The minimum Gasteiger partial charge on any atom is -0.385 e. The number of aliphatic imine (C=N–C) groups is 1. The van der Waals surface area contributed by atoms with E-state index in [0.717, 1.165) is 5.56 Å². The number of nitrogens with two attached hydrogens (primary N) is 1. The van der Waals surface area contributed by atoms with Crippen molar-refractivity contribution in [1.29, 1.82) is 0 Å². The fraction of sp³-hybridized carbons (Fsp3) is 0.200. The Morgan fingerprint density at radius 2 is 2.07 bits per heavy atom. The lowest BCUT2D eigenvalue weighted by Gasteiger charge is -2.09. The molecular weight excluding hydrogens is 178 g/mol. The van der Waals surface area contributed by atoms with Gasteiger partial charge >= 0.3 is 6.03 Å². The summed E-state index contributed by atoms with van der Waals surface area (Å²) < 4.78 is 0. The molecule has 0 spiro atoms. The van der Waals surface area contributed by atoms with E-state index in [2.05, 4.69) is 10.3 Å². The van der Waals surface area contributed by atoms with Crippen molar-refractivity contribution in [3.63, 3.8) is 0 Å². The predicted octanol–water partition coefficient (Wildman–Crippen LogP) is 0.678. The summed E-state index contributed by atoms with van der Waals surface area (Å²) in [5.74, 6) is 0.374. The van der Waals surface area contributed by atoms with E-state index in [9.17, 15) is 4.79 Å². The standard InChI is InChI=1S/C10H11N3O/c11-9-8(12-10(14)13-9)6-7-4-2-1-3-5-7/h1-5,8H,6H2,(H3,11,12,13,14). The smallest absolute Gasteiger partial charge is 0.343 e. The van der Waals surface area contributed by atoms with Crippen molar-refractivity contribution in [2.45, 2.75) is 12.5 Å². The van der Waals surface area contributed by atoms with Gasteiger partial charge in [-0.05, 0) is 12.0 Å². The third kappa shape index (κ3) is 1.74. The highest BCUT2D eigenvalue weighted by Crippen LogP contribution is 2.06. The molecule has 4 nitrogen and oxygen atoms in total. The summed E-state index contributed by atoms with van der Waals surface area (Å²) in [6.45, 7) is 0. The van der Waals surface area contributed by atoms with Gasteiger partial charge in [0.15, 0.2) is 0 Å². The molecule has 1 heterocycles. The quantitative estimate of drug-likeness (QED) is 0.718. The molecule has 0 aliphatic carbocycles. The summed E-state index contributed by atoms with van der Waals surface area (Å²) >= 11 is 0. The van der Waals surface area contributed by atoms with Gasteiger partial charge in [0.05, 0.1) is 6.04 Å². The maximum atomic E-state index is 10.9. The highest BCUT2D eigenvalue weighted by molar-refractivity contribution is 6.02. The second-order valence-electron chi connectivity index (χ2n) is 3.23. The lowest BCUT2D eigenvalue weighted by Crippen LogP contribution is -2.37. The van der Waals surface area contributed by atoms with Crippen LogP contribution in [-0.4, -0.2) is 17.9 Å². The molecule has 1 atom stereocenters. The lowest BCUT2D eigenvalue weighted by molar-refractivity contribution is 0.250. The van der Waals surface area contributed by atoms with Crippen molar-refractivity contribution in [2.75, 3.05) is 0 Å². The van der Waals surface area contributed by atoms with Gasteiger partial charge in [-0.2, -0.15) is 4.99 Å². The molecule has 4 heteroatoms. The Morgan fingerprint density at radius 1 is 1.36 bits per heavy atom. The summed E-state index contributed by atoms with van der Waals surface area (Å²) in [5, 5.41) is 2.68. The van der Waals surface area contributed by atoms with Gasteiger partial charge in [-0.15, -0.1) is 0 Å². The average molecular weight is 189 g/mol. The summed E-state index contributed by atoms with van der Waals surface area (Å²) in [4.78, 5) is 14.5. The number of amides is 2. The van der Waals surface area contributed by atoms with E-state index in [4.69, 9.17) is 5.73 Å². The molecule has 1 aliphatic heterocycles. The summed E-state index contributed by atoms with van der Waals surface area (Å²) in [7, 11) is 0. The van der Waals surface area contributed by atoms with Crippen molar-refractivity contribution >= 4 is 11.9 Å². The molecule has 1 aromatic rings. The highest BCUT2D eigenvalue weighted by atomic mass is 16.2. The largest absolute Gasteiger partial charge is 0.385 e. The van der Waals surface area contributed by atoms with Crippen LogP contribution in [0.25, 0.3) is 0 Å². The van der Waals surface area contributed by atoms with Crippen LogP contribution in [0.15, 0.2) is 35.3 Å². The van der Waals surface area contributed by atoms with Crippen LogP contribution in [0.3, 0.4) is 0 Å². The van der Waals surface area contributed by atoms with E-state index >= 15 is 0 Å². The van der Waals surface area contributed by atoms with Crippen LogP contribution >= 0.6 is 0 Å². The second-order valence-corrected chi connectivity index (χ2v) is 3.23. The Labute approximate surface area is 81.8 Å². The summed E-state index contributed by atoms with van der Waals surface area (Å²) in [6.07, 6.45) is 0.696. The predicted molar refractivity (Wildman–Crippen MR) is 54.1 cm³/mol. The van der Waals surface area contributed by atoms with Crippen LogP contribution in [0.5, 0.6) is 0 Å². The van der Waals surface area contributed by atoms with Crippen LogP contribution in [0, 0.1) is 0 Å². The Balaban J connectivity index is 2.07. The maximum Gasteiger partial charge on any atom is 0.343 e. The number of nitrogens with zero attached hydrogens (tertiary/aromatic N) is 1. The molecule has 0 bridgehead atoms. The topological polar surface area (TPSA) is 67.5 Å². The van der Waals surface area contributed by atoms with Crippen molar-refractivity contribution in [1.82, 2.24) is 5.32 Å². The van der Waals surface area contributed by atoms with Gasteiger partial charge in [-0.1, -0.05) is 30.3 Å². The number of urea groups is 1. The fourth-order valence-electron chi connectivity index (χ4n) is 1.46. The van der Waals surface area contributed by atoms with Gasteiger partial charge in [0.25, 0.3) is 0 Å². The number of rotatable bonds is 2. The SMILES string of the molecule is NC1=NC(=O)NC1Cc1ccccc1. The van der Waals surface area contributed by atoms with Crippen molar-refractivity contribution in [3.8, 4) is 0 Å². The molecule has 1 aromatic carbocycles. The van der Waals surface area contributed by atoms with Gasteiger partial charge in [0, 0.05) is 0 Å². The van der Waals surface area contributed by atoms with Gasteiger partial charge in [0.1, 0.15) is 5.84 Å². The molecule has 0 saturated carbocycles. The Hall–Kier alpha value is -1.84. The van der Waals surface area contributed by atoms with Gasteiger partial charge < -0.3 is 11.1 Å². The van der Waals surface area contributed by atoms with Crippen LogP contribution in [0.2, 0.25) is 0 Å². The normalized spacial score (nSPS) is 20.4. The number of hydrogen-bond donors (Lipinski definition) is 2. The van der Waals surface area contributed by atoms with E-state index in [1.165, 1.54) is 0 Å². The molecule has 0 saturated heterocycles.